The quantitative estimate of drug-likeness (QED) is 0.267. The molecule has 0 spiro atoms. The van der Waals surface area contributed by atoms with E-state index in [0.29, 0.717) is 38.3 Å². The van der Waals surface area contributed by atoms with Gasteiger partial charge in [-0.3, -0.25) is 9.80 Å². The largest absolute Gasteiger partial charge is 0.416 e. The Morgan fingerprint density at radius 2 is 1.56 bits per heavy atom. The van der Waals surface area contributed by atoms with Gasteiger partial charge in [-0.2, -0.15) is 17.9 Å². The lowest BCUT2D eigenvalue weighted by atomic mass is 10.1. The average molecular weight is 560 g/mol. The van der Waals surface area contributed by atoms with Gasteiger partial charge in [-0.15, -0.1) is 5.10 Å². The highest BCUT2D eigenvalue weighted by molar-refractivity contribution is 5.81. The highest BCUT2D eigenvalue weighted by Gasteiger charge is 2.34. The number of hydrogen-bond acceptors (Lipinski definition) is 5. The lowest BCUT2D eigenvalue weighted by molar-refractivity contribution is -0.137. The first-order valence-corrected chi connectivity index (χ1v) is 13.7. The Balaban J connectivity index is 1.33. The summed E-state index contributed by atoms with van der Waals surface area (Å²) in [6, 6.07) is 22.0. The number of hydrogen-bond donors (Lipinski definition) is 0. The number of nitrogens with zero attached hydrogens (tertiary/aromatic N) is 7. The topological polar surface area (TPSA) is 55.0 Å². The van der Waals surface area contributed by atoms with Crippen molar-refractivity contribution in [2.24, 2.45) is 7.05 Å². The molecule has 7 nitrogen and oxygen atoms in total. The Kier molecular flexibility index (Phi) is 7.13. The molecule has 5 aromatic rings. The number of tetrazole rings is 1. The number of benzene rings is 3. The monoisotopic (exact) mass is 559 g/mol. The predicted octanol–water partition coefficient (Wildman–Crippen LogP) is 5.70. The molecular weight excluding hydrogens is 527 g/mol. The Morgan fingerprint density at radius 3 is 2.27 bits per heavy atom. The molecule has 3 aromatic carbocycles. The second-order valence-corrected chi connectivity index (χ2v) is 10.8. The van der Waals surface area contributed by atoms with Crippen LogP contribution in [0.25, 0.3) is 16.6 Å². The molecule has 1 unspecified atom stereocenters. The van der Waals surface area contributed by atoms with Crippen LogP contribution in [0.5, 0.6) is 0 Å². The minimum Gasteiger partial charge on any atom is -0.346 e. The van der Waals surface area contributed by atoms with E-state index in [2.05, 4.69) is 81.1 Å². The van der Waals surface area contributed by atoms with E-state index >= 15 is 0 Å². The van der Waals surface area contributed by atoms with Crippen molar-refractivity contribution >= 4 is 10.9 Å². The number of aryl methyl sites for hydroxylation is 3. The molecule has 0 aliphatic carbocycles. The van der Waals surface area contributed by atoms with Gasteiger partial charge < -0.3 is 4.57 Å². The van der Waals surface area contributed by atoms with Crippen LogP contribution in [0.4, 0.5) is 13.2 Å². The third-order valence-corrected chi connectivity index (χ3v) is 8.09. The lowest BCUT2D eigenvalue weighted by Gasteiger charge is -2.39. The molecule has 10 heteroatoms. The molecule has 1 atom stereocenters. The standard InChI is InChI=1S/C31H32F3N7/c1-21-8-6-9-22(2)28(21)41-30(35-36-37-41)29(27-19-24-11-4-5-13-26(24)38(27)3)40-16-14-39(15-17-40)20-23-10-7-12-25(18-23)31(32,33)34/h4-13,18-19,29H,14-17,20H2,1-3H3. The van der Waals surface area contributed by atoms with Crippen LogP contribution < -0.4 is 0 Å². The van der Waals surface area contributed by atoms with Gasteiger partial charge in [0.15, 0.2) is 5.82 Å². The number of alkyl halides is 3. The third kappa shape index (κ3) is 5.25. The van der Waals surface area contributed by atoms with Crippen molar-refractivity contribution in [3.05, 3.63) is 107 Å². The van der Waals surface area contributed by atoms with Crippen LogP contribution in [0.3, 0.4) is 0 Å². The van der Waals surface area contributed by atoms with Gasteiger partial charge in [0.2, 0.25) is 0 Å². The van der Waals surface area contributed by atoms with E-state index < -0.39 is 11.7 Å². The first-order valence-electron chi connectivity index (χ1n) is 13.7. The molecule has 6 rings (SSSR count). The van der Waals surface area contributed by atoms with Gasteiger partial charge in [0.25, 0.3) is 0 Å². The molecule has 0 saturated carbocycles. The fraction of sp³-hybridized carbons (Fsp3) is 0.323. The van der Waals surface area contributed by atoms with Crippen LogP contribution in [0.15, 0.2) is 72.8 Å². The molecule has 2 aromatic heterocycles. The van der Waals surface area contributed by atoms with Crippen LogP contribution >= 0.6 is 0 Å². The summed E-state index contributed by atoms with van der Waals surface area (Å²) < 4.78 is 43.8. The van der Waals surface area contributed by atoms with Gasteiger partial charge in [-0.1, -0.05) is 54.6 Å². The zero-order chi connectivity index (χ0) is 28.7. The maximum atomic E-state index is 13.3. The Hall–Kier alpha value is -4.02. The summed E-state index contributed by atoms with van der Waals surface area (Å²) in [4.78, 5) is 4.59. The molecule has 0 amide bonds. The van der Waals surface area contributed by atoms with Gasteiger partial charge in [-0.25, -0.2) is 0 Å². The number of rotatable bonds is 6. The van der Waals surface area contributed by atoms with Gasteiger partial charge in [0, 0.05) is 51.0 Å². The molecule has 1 aliphatic rings. The smallest absolute Gasteiger partial charge is 0.346 e. The van der Waals surface area contributed by atoms with Crippen LogP contribution in [0, 0.1) is 13.8 Å². The molecule has 0 N–H and O–H groups in total. The van der Waals surface area contributed by atoms with E-state index in [1.54, 1.807) is 6.07 Å². The van der Waals surface area contributed by atoms with Crippen molar-refractivity contribution in [3.63, 3.8) is 0 Å². The third-order valence-electron chi connectivity index (χ3n) is 8.09. The second kappa shape index (κ2) is 10.8. The van der Waals surface area contributed by atoms with E-state index in [-0.39, 0.29) is 6.04 Å². The predicted molar refractivity (Wildman–Crippen MR) is 152 cm³/mol. The van der Waals surface area contributed by atoms with Crippen LogP contribution in [0.1, 0.15) is 39.8 Å². The summed E-state index contributed by atoms with van der Waals surface area (Å²) in [7, 11) is 2.07. The Morgan fingerprint density at radius 1 is 0.854 bits per heavy atom. The highest BCUT2D eigenvalue weighted by Crippen LogP contribution is 2.34. The maximum Gasteiger partial charge on any atom is 0.416 e. The molecule has 1 fully saturated rings. The van der Waals surface area contributed by atoms with Gasteiger partial charge >= 0.3 is 6.18 Å². The van der Waals surface area contributed by atoms with E-state index in [4.69, 9.17) is 0 Å². The number of piperazine rings is 1. The first-order chi connectivity index (χ1) is 19.7. The molecule has 212 valence electrons. The number of fused-ring (bicyclic) bond motifs is 1. The molecule has 0 radical (unpaired) electrons. The second-order valence-electron chi connectivity index (χ2n) is 10.8. The summed E-state index contributed by atoms with van der Waals surface area (Å²) in [5.74, 6) is 0.736. The van der Waals surface area contributed by atoms with E-state index in [1.807, 2.05) is 22.9 Å². The molecule has 1 aliphatic heterocycles. The van der Waals surface area contributed by atoms with E-state index in [0.717, 1.165) is 45.3 Å². The summed E-state index contributed by atoms with van der Waals surface area (Å²) in [6.45, 7) is 7.44. The van der Waals surface area contributed by atoms with Gasteiger partial charge in [-0.05, 0) is 64.5 Å². The highest BCUT2D eigenvalue weighted by atomic mass is 19.4. The van der Waals surface area contributed by atoms with Crippen molar-refractivity contribution in [1.82, 2.24) is 34.6 Å². The SMILES string of the molecule is Cc1cccc(C)c1-n1nnnc1C(c1cc2ccccc2n1C)N1CCN(Cc2cccc(C(F)(F)F)c2)CC1. The van der Waals surface area contributed by atoms with Gasteiger partial charge in [0.05, 0.1) is 11.3 Å². The fourth-order valence-corrected chi connectivity index (χ4v) is 6.00. The fourth-order valence-electron chi connectivity index (χ4n) is 6.00. The number of aromatic nitrogens is 5. The molecule has 0 bridgehead atoms. The van der Waals surface area contributed by atoms with Crippen molar-refractivity contribution in [2.75, 3.05) is 26.2 Å². The van der Waals surface area contributed by atoms with Crippen molar-refractivity contribution in [3.8, 4) is 5.69 Å². The van der Waals surface area contributed by atoms with Crippen LogP contribution in [-0.4, -0.2) is 60.8 Å². The summed E-state index contributed by atoms with van der Waals surface area (Å²) in [6.07, 6.45) is -4.35. The summed E-state index contributed by atoms with van der Waals surface area (Å²) >= 11 is 0. The number of para-hydroxylation sites is 2. The summed E-state index contributed by atoms with van der Waals surface area (Å²) in [5.41, 5.74) is 5.40. The van der Waals surface area contributed by atoms with E-state index in [1.165, 1.54) is 12.1 Å². The maximum absolute atomic E-state index is 13.3. The van der Waals surface area contributed by atoms with E-state index in [9.17, 15) is 13.2 Å². The minimum absolute atomic E-state index is 0.225. The van der Waals surface area contributed by atoms with Crippen molar-refractivity contribution in [1.29, 1.82) is 0 Å². The minimum atomic E-state index is -4.35. The number of halogens is 3. The first kappa shape index (κ1) is 27.2. The zero-order valence-electron chi connectivity index (χ0n) is 23.3. The van der Waals surface area contributed by atoms with Gasteiger partial charge in [0.1, 0.15) is 6.04 Å². The molecule has 1 saturated heterocycles. The average Bonchev–Trinajstić information content (AvgIpc) is 3.55. The van der Waals surface area contributed by atoms with Crippen LogP contribution in [0.2, 0.25) is 0 Å². The molecular formula is C31H32F3N7. The summed E-state index contributed by atoms with van der Waals surface area (Å²) in [5, 5.41) is 14.3. The lowest BCUT2D eigenvalue weighted by Crippen LogP contribution is -2.48. The Bertz CT molecular complexity index is 1660. The zero-order valence-corrected chi connectivity index (χ0v) is 23.3. The van der Waals surface area contributed by atoms with Crippen LogP contribution in [-0.2, 0) is 19.8 Å². The molecule has 3 heterocycles. The van der Waals surface area contributed by atoms with Crippen molar-refractivity contribution in [2.45, 2.75) is 32.6 Å². The molecule has 41 heavy (non-hydrogen) atoms. The van der Waals surface area contributed by atoms with Crippen molar-refractivity contribution < 1.29 is 13.2 Å². The normalized spacial score (nSPS) is 16.0. The Labute approximate surface area is 236 Å².